The van der Waals surface area contributed by atoms with Crippen LogP contribution in [0.25, 0.3) is 10.2 Å². The fourth-order valence-electron chi connectivity index (χ4n) is 2.26. The smallest absolute Gasteiger partial charge is 0.135 e. The molecule has 0 aromatic carbocycles. The number of hydrogen-bond donors (Lipinski definition) is 1. The van der Waals surface area contributed by atoms with Crippen molar-refractivity contribution in [3.63, 3.8) is 0 Å². The van der Waals surface area contributed by atoms with Crippen LogP contribution >= 0.6 is 11.3 Å². The zero-order chi connectivity index (χ0) is 12.0. The van der Waals surface area contributed by atoms with Crippen molar-refractivity contribution in [1.82, 2.24) is 9.97 Å². The number of nitrogens with zero attached hydrogens (tertiary/aromatic N) is 2. The van der Waals surface area contributed by atoms with Gasteiger partial charge in [0.2, 0.25) is 0 Å². The number of fused-ring (bicyclic) bond motifs is 3. The van der Waals surface area contributed by atoms with Gasteiger partial charge in [-0.2, -0.15) is 0 Å². The normalized spacial score (nSPS) is 23.9. The van der Waals surface area contributed by atoms with Gasteiger partial charge >= 0.3 is 0 Å². The van der Waals surface area contributed by atoms with Crippen LogP contribution in [0.15, 0.2) is 6.33 Å². The van der Waals surface area contributed by atoms with E-state index in [1.165, 1.54) is 16.8 Å². The molecule has 4 nitrogen and oxygen atoms in total. The van der Waals surface area contributed by atoms with Gasteiger partial charge in [-0.25, -0.2) is 9.97 Å². The first kappa shape index (κ1) is 10.9. The molecule has 1 atom stereocenters. The second-order valence-electron chi connectivity index (χ2n) is 4.71. The predicted molar refractivity (Wildman–Crippen MR) is 69.0 cm³/mol. The zero-order valence-corrected chi connectivity index (χ0v) is 10.8. The van der Waals surface area contributed by atoms with Crippen molar-refractivity contribution in [2.24, 2.45) is 0 Å². The number of anilines is 1. The van der Waals surface area contributed by atoms with Crippen molar-refractivity contribution >= 4 is 27.4 Å². The summed E-state index contributed by atoms with van der Waals surface area (Å²) in [6.45, 7) is 4.97. The lowest BCUT2D eigenvalue weighted by Gasteiger charge is -2.33. The highest BCUT2D eigenvalue weighted by atomic mass is 32.1. The van der Waals surface area contributed by atoms with Crippen molar-refractivity contribution in [3.05, 3.63) is 16.8 Å². The number of nitrogens with two attached hydrogens (primary N) is 1. The predicted octanol–water partition coefficient (Wildman–Crippen LogP) is 2.51. The molecule has 0 aliphatic carbocycles. The number of nitrogen functional groups attached to an aromatic ring is 1. The topological polar surface area (TPSA) is 61.0 Å². The van der Waals surface area contributed by atoms with Crippen molar-refractivity contribution in [2.75, 3.05) is 5.73 Å². The van der Waals surface area contributed by atoms with Gasteiger partial charge < -0.3 is 10.5 Å². The zero-order valence-electron chi connectivity index (χ0n) is 9.99. The lowest BCUT2D eigenvalue weighted by Crippen LogP contribution is -2.33. The monoisotopic (exact) mass is 249 g/mol. The number of hydrogen-bond acceptors (Lipinski definition) is 5. The molecule has 0 saturated heterocycles. The third-order valence-electron chi connectivity index (χ3n) is 3.55. The summed E-state index contributed by atoms with van der Waals surface area (Å²) >= 11 is 1.67. The Morgan fingerprint density at radius 2 is 2.35 bits per heavy atom. The third-order valence-corrected chi connectivity index (χ3v) is 4.66. The van der Waals surface area contributed by atoms with Gasteiger partial charge in [0, 0.05) is 11.3 Å². The van der Waals surface area contributed by atoms with Crippen LogP contribution in [-0.2, 0) is 17.8 Å². The highest BCUT2D eigenvalue weighted by molar-refractivity contribution is 7.18. The van der Waals surface area contributed by atoms with Crippen molar-refractivity contribution in [1.29, 1.82) is 0 Å². The van der Waals surface area contributed by atoms with Gasteiger partial charge in [-0.3, -0.25) is 0 Å². The molecule has 5 heteroatoms. The van der Waals surface area contributed by atoms with E-state index >= 15 is 0 Å². The van der Waals surface area contributed by atoms with Gasteiger partial charge in [-0.1, -0.05) is 6.92 Å². The Labute approximate surface area is 104 Å². The van der Waals surface area contributed by atoms with E-state index in [1.807, 2.05) is 0 Å². The van der Waals surface area contributed by atoms with E-state index in [0.29, 0.717) is 12.4 Å². The Bertz CT molecular complexity index is 580. The maximum absolute atomic E-state index is 5.97. The Morgan fingerprint density at radius 1 is 1.53 bits per heavy atom. The minimum Gasteiger partial charge on any atom is -0.383 e. The van der Waals surface area contributed by atoms with Crippen LogP contribution < -0.4 is 5.73 Å². The summed E-state index contributed by atoms with van der Waals surface area (Å²) in [5, 5.41) is 1.04. The summed E-state index contributed by atoms with van der Waals surface area (Å²) in [6, 6.07) is 0. The average Bonchev–Trinajstić information content (AvgIpc) is 2.68. The van der Waals surface area contributed by atoms with Crippen molar-refractivity contribution < 1.29 is 4.74 Å². The van der Waals surface area contributed by atoms with E-state index in [1.54, 1.807) is 11.3 Å². The molecule has 1 aliphatic rings. The van der Waals surface area contributed by atoms with Crippen LogP contribution in [0.1, 0.15) is 30.7 Å². The van der Waals surface area contributed by atoms with E-state index in [9.17, 15) is 0 Å². The summed E-state index contributed by atoms with van der Waals surface area (Å²) in [6.07, 6.45) is 3.42. The Balaban J connectivity index is 2.21. The van der Waals surface area contributed by atoms with Crippen LogP contribution in [0.3, 0.4) is 0 Å². The van der Waals surface area contributed by atoms with Crippen LogP contribution in [0, 0.1) is 0 Å². The van der Waals surface area contributed by atoms with Crippen LogP contribution in [-0.4, -0.2) is 15.6 Å². The quantitative estimate of drug-likeness (QED) is 0.843. The van der Waals surface area contributed by atoms with Gasteiger partial charge in [0.15, 0.2) is 0 Å². The number of ether oxygens (including phenoxy) is 1. The Morgan fingerprint density at radius 3 is 3.12 bits per heavy atom. The van der Waals surface area contributed by atoms with Crippen LogP contribution in [0.4, 0.5) is 5.82 Å². The minimum absolute atomic E-state index is 0.0801. The molecule has 17 heavy (non-hydrogen) atoms. The van der Waals surface area contributed by atoms with Gasteiger partial charge in [0.1, 0.15) is 17.0 Å². The molecule has 1 aliphatic heterocycles. The molecule has 3 heterocycles. The molecule has 2 aromatic heterocycles. The standard InChI is InChI=1S/C12H15N3OS/c1-3-12(2)4-7-8(5-16-12)17-11-9(7)10(13)14-6-15-11/h6H,3-5H2,1-2H3,(H2,13,14,15)/t12-/m0/s1. The molecule has 2 aromatic rings. The molecule has 0 radical (unpaired) electrons. The number of aromatic nitrogens is 2. The fourth-order valence-corrected chi connectivity index (χ4v) is 3.33. The number of rotatable bonds is 1. The Hall–Kier alpha value is -1.20. The second kappa shape index (κ2) is 3.65. The number of thiophene rings is 1. The molecule has 0 fully saturated rings. The van der Waals surface area contributed by atoms with Crippen LogP contribution in [0.2, 0.25) is 0 Å². The molecule has 3 rings (SSSR count). The molecule has 0 saturated carbocycles. The SMILES string of the molecule is CC[C@@]1(C)Cc2c(sc3ncnc(N)c23)CO1. The largest absolute Gasteiger partial charge is 0.383 e. The molecule has 90 valence electrons. The highest BCUT2D eigenvalue weighted by Gasteiger charge is 2.32. The summed E-state index contributed by atoms with van der Waals surface area (Å²) in [4.78, 5) is 10.6. The minimum atomic E-state index is -0.0801. The van der Waals surface area contributed by atoms with E-state index in [4.69, 9.17) is 10.5 Å². The van der Waals surface area contributed by atoms with E-state index in [-0.39, 0.29) is 5.60 Å². The average molecular weight is 249 g/mol. The third kappa shape index (κ3) is 1.61. The van der Waals surface area contributed by atoms with Gasteiger partial charge in [0.25, 0.3) is 0 Å². The second-order valence-corrected chi connectivity index (χ2v) is 5.80. The molecule has 2 N–H and O–H groups in total. The summed E-state index contributed by atoms with van der Waals surface area (Å²) < 4.78 is 5.93. The first-order chi connectivity index (χ1) is 8.13. The van der Waals surface area contributed by atoms with Gasteiger partial charge in [0.05, 0.1) is 17.6 Å². The molecule has 0 bridgehead atoms. The molecule has 0 unspecified atom stereocenters. The summed E-state index contributed by atoms with van der Waals surface area (Å²) in [7, 11) is 0. The first-order valence-electron chi connectivity index (χ1n) is 5.77. The van der Waals surface area contributed by atoms with E-state index in [2.05, 4.69) is 23.8 Å². The first-order valence-corrected chi connectivity index (χ1v) is 6.59. The summed E-state index contributed by atoms with van der Waals surface area (Å²) in [5.41, 5.74) is 7.18. The highest BCUT2D eigenvalue weighted by Crippen LogP contribution is 2.40. The molecule has 0 amide bonds. The lowest BCUT2D eigenvalue weighted by atomic mass is 9.90. The van der Waals surface area contributed by atoms with E-state index in [0.717, 1.165) is 23.1 Å². The maximum Gasteiger partial charge on any atom is 0.135 e. The van der Waals surface area contributed by atoms with Crippen LogP contribution in [0.5, 0.6) is 0 Å². The van der Waals surface area contributed by atoms with Gasteiger partial charge in [-0.05, 0) is 18.9 Å². The fraction of sp³-hybridized carbons (Fsp3) is 0.500. The van der Waals surface area contributed by atoms with Crippen molar-refractivity contribution in [2.45, 2.75) is 38.9 Å². The van der Waals surface area contributed by atoms with Crippen molar-refractivity contribution in [3.8, 4) is 0 Å². The molecule has 0 spiro atoms. The summed E-state index contributed by atoms with van der Waals surface area (Å²) in [5.74, 6) is 0.591. The van der Waals surface area contributed by atoms with E-state index < -0.39 is 0 Å². The molecular formula is C12H15N3OS. The maximum atomic E-state index is 5.97. The van der Waals surface area contributed by atoms with Gasteiger partial charge in [-0.15, -0.1) is 11.3 Å². The molecular weight excluding hydrogens is 234 g/mol. The lowest BCUT2D eigenvalue weighted by molar-refractivity contribution is -0.0542. The Kier molecular flexibility index (Phi) is 2.34.